The van der Waals surface area contributed by atoms with Crippen molar-refractivity contribution in [2.24, 2.45) is 5.92 Å². The van der Waals surface area contributed by atoms with Crippen molar-refractivity contribution < 1.29 is 4.52 Å². The summed E-state index contributed by atoms with van der Waals surface area (Å²) in [6.45, 7) is 10.4. The van der Waals surface area contributed by atoms with E-state index in [1.807, 2.05) is 6.07 Å². The van der Waals surface area contributed by atoms with Crippen LogP contribution in [0.2, 0.25) is 0 Å². The Morgan fingerprint density at radius 1 is 1.08 bits per heavy atom. The molecule has 3 rings (SSSR count). The van der Waals surface area contributed by atoms with Crippen LogP contribution in [0, 0.1) is 5.92 Å². The van der Waals surface area contributed by atoms with Gasteiger partial charge in [-0.3, -0.25) is 9.80 Å². The summed E-state index contributed by atoms with van der Waals surface area (Å²) in [7, 11) is 0. The van der Waals surface area contributed by atoms with E-state index in [4.69, 9.17) is 4.52 Å². The second kappa shape index (κ2) is 9.64. The summed E-state index contributed by atoms with van der Waals surface area (Å²) in [5, 5.41) is 4.11. The summed E-state index contributed by atoms with van der Waals surface area (Å²) < 4.78 is 5.41. The van der Waals surface area contributed by atoms with Gasteiger partial charge in [-0.15, -0.1) is 0 Å². The quantitative estimate of drug-likeness (QED) is 0.726. The largest absolute Gasteiger partial charge is 0.338 e. The highest BCUT2D eigenvalue weighted by Gasteiger charge is 2.18. The molecule has 26 heavy (non-hydrogen) atoms. The van der Waals surface area contributed by atoms with Gasteiger partial charge in [0.15, 0.2) is 5.82 Å². The van der Waals surface area contributed by atoms with Gasteiger partial charge < -0.3 is 4.52 Å². The number of nitrogens with zero attached hydrogens (tertiary/aromatic N) is 4. The molecule has 0 bridgehead atoms. The van der Waals surface area contributed by atoms with Crippen molar-refractivity contribution in [1.82, 2.24) is 19.9 Å². The van der Waals surface area contributed by atoms with Crippen molar-refractivity contribution in [1.29, 1.82) is 0 Å². The molecule has 1 aliphatic rings. The second-order valence-electron chi connectivity index (χ2n) is 7.43. The van der Waals surface area contributed by atoms with Crippen molar-refractivity contribution in [2.75, 3.05) is 32.7 Å². The lowest BCUT2D eigenvalue weighted by molar-refractivity contribution is 0.125. The highest BCUT2D eigenvalue weighted by molar-refractivity contribution is 5.48. The summed E-state index contributed by atoms with van der Waals surface area (Å²) >= 11 is 0. The van der Waals surface area contributed by atoms with Crippen LogP contribution in [0.25, 0.3) is 6.08 Å². The van der Waals surface area contributed by atoms with Gasteiger partial charge in [0.1, 0.15) is 0 Å². The maximum atomic E-state index is 5.41. The third-order valence-electron chi connectivity index (χ3n) is 4.75. The maximum Gasteiger partial charge on any atom is 0.240 e. The molecule has 0 N–H and O–H groups in total. The van der Waals surface area contributed by atoms with Crippen LogP contribution in [0.3, 0.4) is 0 Å². The number of aryl methyl sites for hydroxylation is 1. The van der Waals surface area contributed by atoms with Crippen molar-refractivity contribution in [2.45, 2.75) is 33.2 Å². The molecule has 0 radical (unpaired) electrons. The lowest BCUT2D eigenvalue weighted by Gasteiger charge is -2.33. The Hall–Kier alpha value is -1.98. The van der Waals surface area contributed by atoms with Gasteiger partial charge in [0.05, 0.1) is 6.54 Å². The smallest absolute Gasteiger partial charge is 0.240 e. The van der Waals surface area contributed by atoms with E-state index in [9.17, 15) is 0 Å². The van der Waals surface area contributed by atoms with E-state index in [1.165, 1.54) is 5.56 Å². The number of rotatable bonds is 8. The predicted molar refractivity (Wildman–Crippen MR) is 105 cm³/mol. The molecule has 0 amide bonds. The monoisotopic (exact) mass is 354 g/mol. The summed E-state index contributed by atoms with van der Waals surface area (Å²) in [6.07, 6.45) is 6.46. The first-order valence-electron chi connectivity index (χ1n) is 9.67. The van der Waals surface area contributed by atoms with Crippen molar-refractivity contribution >= 4 is 6.08 Å². The Morgan fingerprint density at radius 2 is 1.81 bits per heavy atom. The number of aromatic nitrogens is 2. The normalized spacial score (nSPS) is 16.7. The van der Waals surface area contributed by atoms with Crippen LogP contribution >= 0.6 is 0 Å². The first-order chi connectivity index (χ1) is 12.7. The Kier molecular flexibility index (Phi) is 6.97. The van der Waals surface area contributed by atoms with Gasteiger partial charge in [-0.25, -0.2) is 0 Å². The zero-order chi connectivity index (χ0) is 18.2. The van der Waals surface area contributed by atoms with Crippen LogP contribution in [-0.4, -0.2) is 52.7 Å². The standard InChI is InChI=1S/C21H30N4O/c1-18(2)10-11-20-22-21(26-23-20)17-25-15-13-24(14-16-25)12-6-9-19-7-4-3-5-8-19/h3-9,18H,10-17H2,1-2H3. The number of hydrogen-bond acceptors (Lipinski definition) is 5. The molecule has 1 aliphatic heterocycles. The molecule has 2 heterocycles. The van der Waals surface area contributed by atoms with Crippen LogP contribution < -0.4 is 0 Å². The third kappa shape index (κ3) is 6.07. The minimum absolute atomic E-state index is 0.668. The van der Waals surface area contributed by atoms with E-state index in [0.29, 0.717) is 5.92 Å². The summed E-state index contributed by atoms with van der Waals surface area (Å²) in [5.74, 6) is 2.26. The summed E-state index contributed by atoms with van der Waals surface area (Å²) in [5.41, 5.74) is 1.26. The average Bonchev–Trinajstić information content (AvgIpc) is 3.10. The molecule has 5 heteroatoms. The van der Waals surface area contributed by atoms with Crippen LogP contribution in [0.15, 0.2) is 40.9 Å². The van der Waals surface area contributed by atoms with Crippen LogP contribution in [-0.2, 0) is 13.0 Å². The number of benzene rings is 1. The Morgan fingerprint density at radius 3 is 2.54 bits per heavy atom. The number of piperazine rings is 1. The molecule has 0 saturated carbocycles. The molecular formula is C21H30N4O. The second-order valence-corrected chi connectivity index (χ2v) is 7.43. The molecule has 1 saturated heterocycles. The first kappa shape index (κ1) is 18.8. The third-order valence-corrected chi connectivity index (χ3v) is 4.75. The maximum absolute atomic E-state index is 5.41. The summed E-state index contributed by atoms with van der Waals surface area (Å²) in [6, 6.07) is 10.5. The Labute approximate surface area is 156 Å². The molecule has 1 fully saturated rings. The SMILES string of the molecule is CC(C)CCc1noc(CN2CCN(CC=Cc3ccccc3)CC2)n1. The highest BCUT2D eigenvalue weighted by atomic mass is 16.5. The minimum atomic E-state index is 0.668. The Balaban J connectivity index is 1.38. The molecule has 140 valence electrons. The van der Waals surface area contributed by atoms with E-state index < -0.39 is 0 Å². The van der Waals surface area contributed by atoms with Crippen molar-refractivity contribution in [3.05, 3.63) is 53.7 Å². The van der Waals surface area contributed by atoms with E-state index in [2.05, 4.69) is 70.2 Å². The topological polar surface area (TPSA) is 45.4 Å². The van der Waals surface area contributed by atoms with Crippen LogP contribution in [0.4, 0.5) is 0 Å². The van der Waals surface area contributed by atoms with Gasteiger partial charge >= 0.3 is 0 Å². The average molecular weight is 354 g/mol. The van der Waals surface area contributed by atoms with Gasteiger partial charge in [-0.1, -0.05) is 61.5 Å². The molecule has 0 atom stereocenters. The van der Waals surface area contributed by atoms with E-state index in [-0.39, 0.29) is 0 Å². The highest BCUT2D eigenvalue weighted by Crippen LogP contribution is 2.10. The molecule has 2 aromatic rings. The van der Waals surface area contributed by atoms with Gasteiger partial charge in [0.25, 0.3) is 0 Å². The lowest BCUT2D eigenvalue weighted by atomic mass is 10.1. The fourth-order valence-corrected chi connectivity index (χ4v) is 3.10. The van der Waals surface area contributed by atoms with Crippen LogP contribution in [0.5, 0.6) is 0 Å². The fraction of sp³-hybridized carbons (Fsp3) is 0.524. The van der Waals surface area contributed by atoms with E-state index in [0.717, 1.165) is 63.8 Å². The van der Waals surface area contributed by atoms with Crippen LogP contribution in [0.1, 0.15) is 37.5 Å². The van der Waals surface area contributed by atoms with Gasteiger partial charge in [-0.2, -0.15) is 4.98 Å². The molecule has 0 unspecified atom stereocenters. The first-order valence-corrected chi connectivity index (χ1v) is 9.67. The fourth-order valence-electron chi connectivity index (χ4n) is 3.10. The van der Waals surface area contributed by atoms with Gasteiger partial charge in [0.2, 0.25) is 5.89 Å². The zero-order valence-electron chi connectivity index (χ0n) is 16.0. The van der Waals surface area contributed by atoms with Crippen molar-refractivity contribution in [3.63, 3.8) is 0 Å². The van der Waals surface area contributed by atoms with Gasteiger partial charge in [0, 0.05) is 39.1 Å². The van der Waals surface area contributed by atoms with E-state index in [1.54, 1.807) is 0 Å². The van der Waals surface area contributed by atoms with E-state index >= 15 is 0 Å². The molecule has 0 spiro atoms. The number of hydrogen-bond donors (Lipinski definition) is 0. The predicted octanol–water partition coefficient (Wildman–Crippen LogP) is 3.49. The molecule has 1 aromatic carbocycles. The zero-order valence-corrected chi connectivity index (χ0v) is 16.0. The molecule has 0 aliphatic carbocycles. The lowest BCUT2D eigenvalue weighted by Crippen LogP contribution is -2.45. The molecular weight excluding hydrogens is 324 g/mol. The molecule has 1 aromatic heterocycles. The minimum Gasteiger partial charge on any atom is -0.338 e. The van der Waals surface area contributed by atoms with Crippen molar-refractivity contribution in [3.8, 4) is 0 Å². The molecule has 5 nitrogen and oxygen atoms in total. The van der Waals surface area contributed by atoms with Gasteiger partial charge in [-0.05, 0) is 17.9 Å². The summed E-state index contributed by atoms with van der Waals surface area (Å²) in [4.78, 5) is 9.42. The Bertz CT molecular complexity index is 672.